The molecule has 0 spiro atoms. The number of rotatable bonds is 5. The van der Waals surface area contributed by atoms with Crippen LogP contribution in [0.4, 0.5) is 0 Å². The summed E-state index contributed by atoms with van der Waals surface area (Å²) in [5, 5.41) is 10.5. The van der Waals surface area contributed by atoms with E-state index in [1.165, 1.54) is 10.4 Å². The van der Waals surface area contributed by atoms with E-state index in [4.69, 9.17) is 10.5 Å². The first kappa shape index (κ1) is 17.2. The van der Waals surface area contributed by atoms with E-state index in [1.807, 2.05) is 0 Å². The average molecular weight is 362 g/mol. The summed E-state index contributed by atoms with van der Waals surface area (Å²) in [6.07, 6.45) is 9.83. The maximum absolute atomic E-state index is 9.39. The predicted octanol–water partition coefficient (Wildman–Crippen LogP) is 3.53. The Bertz CT molecular complexity index is 752. The Hall–Kier alpha value is -1.24. The number of thiophene rings is 1. The van der Waals surface area contributed by atoms with Gasteiger partial charge in [-0.25, -0.2) is 9.97 Å². The van der Waals surface area contributed by atoms with Crippen LogP contribution in [0.5, 0.6) is 5.88 Å². The fourth-order valence-electron chi connectivity index (χ4n) is 4.37. The molecule has 4 rings (SSSR count). The van der Waals surface area contributed by atoms with Gasteiger partial charge in [-0.15, -0.1) is 11.3 Å². The first-order valence-corrected chi connectivity index (χ1v) is 10.3. The van der Waals surface area contributed by atoms with Crippen molar-refractivity contribution in [1.82, 2.24) is 9.97 Å². The van der Waals surface area contributed by atoms with Gasteiger partial charge in [0.1, 0.15) is 17.3 Å². The minimum Gasteiger partial charge on any atom is -0.474 e. The SMILES string of the molecule is CCC1(N)CCC(Oc2ncnc3sc4c(c23)C(CCO)CC4)CC1. The topological polar surface area (TPSA) is 81.3 Å². The van der Waals surface area contributed by atoms with Crippen LogP contribution in [0.2, 0.25) is 0 Å². The quantitative estimate of drug-likeness (QED) is 0.851. The first-order chi connectivity index (χ1) is 12.1. The number of ether oxygens (including phenoxy) is 1. The van der Waals surface area contributed by atoms with Crippen molar-refractivity contribution in [1.29, 1.82) is 0 Å². The summed E-state index contributed by atoms with van der Waals surface area (Å²) in [6, 6.07) is 0. The molecule has 0 aliphatic heterocycles. The lowest BCUT2D eigenvalue weighted by atomic mass is 9.79. The molecule has 0 radical (unpaired) electrons. The van der Waals surface area contributed by atoms with Gasteiger partial charge in [0.25, 0.3) is 0 Å². The number of aliphatic hydroxyl groups excluding tert-OH is 1. The molecule has 1 saturated carbocycles. The van der Waals surface area contributed by atoms with Crippen LogP contribution in [0.1, 0.15) is 68.2 Å². The van der Waals surface area contributed by atoms with Gasteiger partial charge in [-0.1, -0.05) is 6.92 Å². The molecule has 2 aliphatic carbocycles. The maximum Gasteiger partial charge on any atom is 0.225 e. The summed E-state index contributed by atoms with van der Waals surface area (Å²) in [6.45, 7) is 2.40. The molecular weight excluding hydrogens is 334 g/mol. The number of aromatic nitrogens is 2. The number of nitrogens with zero attached hydrogens (tertiary/aromatic N) is 2. The zero-order valence-electron chi connectivity index (χ0n) is 14.8. The summed E-state index contributed by atoms with van der Waals surface area (Å²) in [4.78, 5) is 11.4. The van der Waals surface area contributed by atoms with Gasteiger partial charge < -0.3 is 15.6 Å². The van der Waals surface area contributed by atoms with Crippen molar-refractivity contribution in [3.8, 4) is 5.88 Å². The highest BCUT2D eigenvalue weighted by atomic mass is 32.1. The summed E-state index contributed by atoms with van der Waals surface area (Å²) < 4.78 is 6.35. The van der Waals surface area contributed by atoms with Crippen molar-refractivity contribution in [2.24, 2.45) is 5.73 Å². The van der Waals surface area contributed by atoms with E-state index in [0.717, 1.165) is 67.5 Å². The molecule has 1 atom stereocenters. The molecule has 136 valence electrons. The maximum atomic E-state index is 9.39. The lowest BCUT2D eigenvalue weighted by Gasteiger charge is -2.36. The Morgan fingerprint density at radius 1 is 1.32 bits per heavy atom. The molecule has 0 saturated heterocycles. The molecule has 0 aromatic carbocycles. The highest BCUT2D eigenvalue weighted by molar-refractivity contribution is 7.19. The van der Waals surface area contributed by atoms with E-state index in [9.17, 15) is 5.11 Å². The van der Waals surface area contributed by atoms with Crippen LogP contribution in [-0.4, -0.2) is 33.3 Å². The van der Waals surface area contributed by atoms with Crippen molar-refractivity contribution < 1.29 is 9.84 Å². The third-order valence-electron chi connectivity index (χ3n) is 6.08. The molecule has 5 nitrogen and oxygen atoms in total. The molecule has 1 fully saturated rings. The summed E-state index contributed by atoms with van der Waals surface area (Å²) in [5.41, 5.74) is 7.73. The molecule has 2 aliphatic rings. The van der Waals surface area contributed by atoms with Crippen molar-refractivity contribution >= 4 is 21.6 Å². The Morgan fingerprint density at radius 2 is 2.12 bits per heavy atom. The molecule has 2 aromatic rings. The van der Waals surface area contributed by atoms with Crippen LogP contribution < -0.4 is 10.5 Å². The molecule has 6 heteroatoms. The number of nitrogens with two attached hydrogens (primary N) is 1. The summed E-state index contributed by atoms with van der Waals surface area (Å²) in [7, 11) is 0. The standard InChI is InChI=1S/C19H27N3O2S/c1-2-19(20)8-5-13(6-9-19)24-17-16-15-12(7-10-23)3-4-14(15)25-18(16)22-11-21-17/h11-13,23H,2-10,20H2,1H3. The Labute approximate surface area is 152 Å². The van der Waals surface area contributed by atoms with Crippen molar-refractivity contribution in [2.75, 3.05) is 6.61 Å². The Morgan fingerprint density at radius 3 is 2.84 bits per heavy atom. The van der Waals surface area contributed by atoms with Crippen molar-refractivity contribution in [3.63, 3.8) is 0 Å². The van der Waals surface area contributed by atoms with Crippen LogP contribution in [-0.2, 0) is 6.42 Å². The van der Waals surface area contributed by atoms with E-state index < -0.39 is 0 Å². The van der Waals surface area contributed by atoms with Gasteiger partial charge >= 0.3 is 0 Å². The van der Waals surface area contributed by atoms with Crippen molar-refractivity contribution in [2.45, 2.75) is 75.9 Å². The van der Waals surface area contributed by atoms with E-state index >= 15 is 0 Å². The zero-order valence-corrected chi connectivity index (χ0v) is 15.6. The van der Waals surface area contributed by atoms with Crippen LogP contribution in [0, 0.1) is 0 Å². The third kappa shape index (κ3) is 3.15. The Balaban J connectivity index is 1.60. The minimum absolute atomic E-state index is 0.0172. The molecule has 0 amide bonds. The van der Waals surface area contributed by atoms with Gasteiger partial charge in [-0.05, 0) is 62.8 Å². The normalized spacial score (nSPS) is 29.1. The van der Waals surface area contributed by atoms with Crippen LogP contribution in [0.3, 0.4) is 0 Å². The van der Waals surface area contributed by atoms with Gasteiger partial charge in [0, 0.05) is 17.0 Å². The van der Waals surface area contributed by atoms with E-state index in [0.29, 0.717) is 5.92 Å². The molecule has 0 bridgehead atoms. The first-order valence-electron chi connectivity index (χ1n) is 9.46. The Kier molecular flexibility index (Phi) is 4.69. The summed E-state index contributed by atoms with van der Waals surface area (Å²) in [5.74, 6) is 1.14. The monoisotopic (exact) mass is 361 g/mol. The molecule has 1 unspecified atom stereocenters. The molecule has 2 aromatic heterocycles. The second-order valence-corrected chi connectivity index (χ2v) is 8.66. The van der Waals surface area contributed by atoms with Gasteiger partial charge in [-0.3, -0.25) is 0 Å². The number of hydrogen-bond acceptors (Lipinski definition) is 6. The van der Waals surface area contributed by atoms with Gasteiger partial charge in [0.15, 0.2) is 0 Å². The second-order valence-electron chi connectivity index (χ2n) is 7.58. The third-order valence-corrected chi connectivity index (χ3v) is 7.26. The lowest BCUT2D eigenvalue weighted by Crippen LogP contribution is -2.44. The number of aryl methyl sites for hydroxylation is 1. The molecule has 25 heavy (non-hydrogen) atoms. The van der Waals surface area contributed by atoms with E-state index in [2.05, 4.69) is 16.9 Å². The molecular formula is C19H27N3O2S. The highest BCUT2D eigenvalue weighted by Gasteiger charge is 2.33. The lowest BCUT2D eigenvalue weighted by molar-refractivity contribution is 0.113. The molecule has 2 heterocycles. The van der Waals surface area contributed by atoms with Gasteiger partial charge in [-0.2, -0.15) is 0 Å². The fourth-order valence-corrected chi connectivity index (χ4v) is 5.60. The number of fused-ring (bicyclic) bond motifs is 3. The van der Waals surface area contributed by atoms with Crippen LogP contribution in [0.15, 0.2) is 6.33 Å². The second kappa shape index (κ2) is 6.82. The predicted molar refractivity (Wildman–Crippen MR) is 100 cm³/mol. The van der Waals surface area contributed by atoms with Crippen molar-refractivity contribution in [3.05, 3.63) is 16.8 Å². The molecule has 3 N–H and O–H groups in total. The average Bonchev–Trinajstić information content (AvgIpc) is 3.18. The smallest absolute Gasteiger partial charge is 0.225 e. The zero-order chi connectivity index (χ0) is 17.4. The number of aliphatic hydroxyl groups is 1. The van der Waals surface area contributed by atoms with Gasteiger partial charge in [0.05, 0.1) is 5.39 Å². The van der Waals surface area contributed by atoms with Crippen LogP contribution in [0.25, 0.3) is 10.2 Å². The van der Waals surface area contributed by atoms with E-state index in [1.54, 1.807) is 17.7 Å². The van der Waals surface area contributed by atoms with Gasteiger partial charge in [0.2, 0.25) is 5.88 Å². The van der Waals surface area contributed by atoms with Crippen LogP contribution >= 0.6 is 11.3 Å². The minimum atomic E-state index is -0.0172. The van der Waals surface area contributed by atoms with E-state index in [-0.39, 0.29) is 18.2 Å². The summed E-state index contributed by atoms with van der Waals surface area (Å²) >= 11 is 1.76. The fraction of sp³-hybridized carbons (Fsp3) is 0.684. The largest absolute Gasteiger partial charge is 0.474 e. The number of hydrogen-bond donors (Lipinski definition) is 2. The highest BCUT2D eigenvalue weighted by Crippen LogP contribution is 2.47.